The van der Waals surface area contributed by atoms with Crippen molar-refractivity contribution in [1.82, 2.24) is 0 Å². The number of amidine groups is 2. The SMILES string of the molecule is [C-]#[N+]C(C#N)=Nc1cc2c(s1)C1C=C(C)c3cc(N=C(C#N)[N+]#[C-])sc3C1C=C2C. The molecule has 2 aromatic heterocycles. The number of fused-ring (bicyclic) bond motifs is 5. The summed E-state index contributed by atoms with van der Waals surface area (Å²) in [6.45, 7) is 18.2. The van der Waals surface area contributed by atoms with Crippen LogP contribution in [0.15, 0.2) is 34.3 Å². The van der Waals surface area contributed by atoms with Gasteiger partial charge in [0.15, 0.2) is 0 Å². The molecular formula is C22H12N6S2. The first kappa shape index (κ1) is 19.5. The lowest BCUT2D eigenvalue weighted by Crippen LogP contribution is -2.15. The van der Waals surface area contributed by atoms with Gasteiger partial charge in [-0.2, -0.15) is 0 Å². The van der Waals surface area contributed by atoms with Crippen LogP contribution in [0.3, 0.4) is 0 Å². The van der Waals surface area contributed by atoms with Gasteiger partial charge in [0.1, 0.15) is 12.1 Å². The summed E-state index contributed by atoms with van der Waals surface area (Å²) in [7, 11) is 0. The molecular weight excluding hydrogens is 412 g/mol. The van der Waals surface area contributed by atoms with Gasteiger partial charge in [0, 0.05) is 33.7 Å². The van der Waals surface area contributed by atoms with Gasteiger partial charge in [-0.25, -0.2) is 10.5 Å². The second kappa shape index (κ2) is 7.54. The number of hydrogen-bond donors (Lipinski definition) is 0. The normalized spacial score (nSPS) is 19.7. The third kappa shape index (κ3) is 3.15. The van der Waals surface area contributed by atoms with Crippen molar-refractivity contribution in [3.63, 3.8) is 0 Å². The Hall–Kier alpha value is -3.82. The molecule has 30 heavy (non-hydrogen) atoms. The van der Waals surface area contributed by atoms with Gasteiger partial charge in [0.25, 0.3) is 0 Å². The van der Waals surface area contributed by atoms with Gasteiger partial charge < -0.3 is 9.69 Å². The van der Waals surface area contributed by atoms with Crippen molar-refractivity contribution in [2.45, 2.75) is 25.7 Å². The Morgan fingerprint density at radius 2 is 1.27 bits per heavy atom. The Labute approximate surface area is 181 Å². The van der Waals surface area contributed by atoms with Crippen LogP contribution in [-0.4, -0.2) is 11.7 Å². The molecule has 0 bridgehead atoms. The number of thiophene rings is 2. The maximum Gasteiger partial charge on any atom is 0.350 e. The standard InChI is InChI=1S/C22H12N6S2/c1-11-5-15-16(21-13(11)7-19(29-21)27-17(9-23)25-3)6-12(2)14-8-20(30-22(14)15)28-18(10-24)26-4/h5-8,15-16H,1-2H3. The maximum atomic E-state index is 9.02. The zero-order chi connectivity index (χ0) is 21.4. The lowest BCUT2D eigenvalue weighted by atomic mass is 9.75. The van der Waals surface area contributed by atoms with Gasteiger partial charge in [0.2, 0.25) is 10.0 Å². The number of nitriles is 2. The molecule has 2 aliphatic carbocycles. The monoisotopic (exact) mass is 424 g/mol. The second-order valence-electron chi connectivity index (χ2n) is 6.79. The van der Waals surface area contributed by atoms with Crippen LogP contribution in [0.5, 0.6) is 0 Å². The van der Waals surface area contributed by atoms with Crippen molar-refractivity contribution in [2.75, 3.05) is 0 Å². The third-order valence-corrected chi connectivity index (χ3v) is 7.30. The first-order chi connectivity index (χ1) is 14.5. The quantitative estimate of drug-likeness (QED) is 0.315. The van der Waals surface area contributed by atoms with E-state index in [1.165, 1.54) is 32.4 Å². The predicted molar refractivity (Wildman–Crippen MR) is 120 cm³/mol. The largest absolute Gasteiger partial charge is 0.351 e. The lowest BCUT2D eigenvalue weighted by Gasteiger charge is -2.31. The van der Waals surface area contributed by atoms with Crippen LogP contribution in [-0.2, 0) is 0 Å². The van der Waals surface area contributed by atoms with Crippen molar-refractivity contribution >= 4 is 55.5 Å². The predicted octanol–water partition coefficient (Wildman–Crippen LogP) is 6.46. The van der Waals surface area contributed by atoms with Crippen LogP contribution >= 0.6 is 22.7 Å². The molecule has 2 unspecified atom stereocenters. The molecule has 0 aliphatic heterocycles. The fourth-order valence-corrected chi connectivity index (χ4v) is 6.20. The zero-order valence-corrected chi connectivity index (χ0v) is 17.6. The summed E-state index contributed by atoms with van der Waals surface area (Å²) in [4.78, 5) is 17.0. The molecule has 0 N–H and O–H groups in total. The van der Waals surface area contributed by atoms with Gasteiger partial charge in [-0.15, -0.1) is 0 Å². The summed E-state index contributed by atoms with van der Waals surface area (Å²) in [5.74, 6) is -0.0672. The van der Waals surface area contributed by atoms with E-state index in [4.69, 9.17) is 23.7 Å². The number of aliphatic imine (C=N–C) groups is 2. The van der Waals surface area contributed by atoms with Gasteiger partial charge in [0.05, 0.1) is 0 Å². The van der Waals surface area contributed by atoms with Gasteiger partial charge >= 0.3 is 11.7 Å². The summed E-state index contributed by atoms with van der Waals surface area (Å²) < 4.78 is 0. The summed E-state index contributed by atoms with van der Waals surface area (Å²) in [5, 5.41) is 19.3. The molecule has 8 heteroatoms. The van der Waals surface area contributed by atoms with E-state index < -0.39 is 0 Å². The fourth-order valence-electron chi connectivity index (χ4n) is 3.77. The molecule has 2 aromatic rings. The summed E-state index contributed by atoms with van der Waals surface area (Å²) >= 11 is 3.02. The molecule has 2 heterocycles. The highest BCUT2D eigenvalue weighted by atomic mass is 32.1. The van der Waals surface area contributed by atoms with Crippen molar-refractivity contribution in [2.24, 2.45) is 9.98 Å². The minimum Gasteiger partial charge on any atom is -0.351 e. The van der Waals surface area contributed by atoms with Gasteiger partial charge in [-0.3, -0.25) is 0 Å². The number of allylic oxidation sites excluding steroid dienone is 4. The third-order valence-electron chi connectivity index (χ3n) is 5.04. The van der Waals surface area contributed by atoms with E-state index in [1.54, 1.807) is 0 Å². The molecule has 142 valence electrons. The van der Waals surface area contributed by atoms with Crippen LogP contribution in [0.4, 0.5) is 10.0 Å². The molecule has 0 saturated carbocycles. The van der Waals surface area contributed by atoms with Gasteiger partial charge in [-0.1, -0.05) is 58.0 Å². The molecule has 0 amide bonds. The molecule has 0 fully saturated rings. The maximum absolute atomic E-state index is 9.02. The summed E-state index contributed by atoms with van der Waals surface area (Å²) in [6.07, 6.45) is 4.47. The highest BCUT2D eigenvalue weighted by Gasteiger charge is 2.36. The molecule has 2 aliphatic rings. The van der Waals surface area contributed by atoms with E-state index in [9.17, 15) is 0 Å². The molecule has 0 saturated heterocycles. The molecule has 2 atom stereocenters. The molecule has 0 spiro atoms. The number of nitrogens with zero attached hydrogens (tertiary/aromatic N) is 6. The van der Waals surface area contributed by atoms with Crippen molar-refractivity contribution in [3.8, 4) is 12.1 Å². The highest BCUT2D eigenvalue weighted by molar-refractivity contribution is 7.17. The molecule has 4 rings (SSSR count). The Kier molecular flexibility index (Phi) is 4.90. The van der Waals surface area contributed by atoms with Crippen molar-refractivity contribution < 1.29 is 0 Å². The van der Waals surface area contributed by atoms with E-state index in [0.717, 1.165) is 22.3 Å². The second-order valence-corrected chi connectivity index (χ2v) is 8.92. The topological polar surface area (TPSA) is 81.0 Å². The average Bonchev–Trinajstić information content (AvgIpc) is 3.36. The average molecular weight is 425 g/mol. The van der Waals surface area contributed by atoms with Crippen molar-refractivity contribution in [1.29, 1.82) is 10.5 Å². The Morgan fingerprint density at radius 3 is 1.60 bits per heavy atom. The molecule has 0 radical (unpaired) electrons. The van der Waals surface area contributed by atoms with E-state index in [2.05, 4.69) is 45.7 Å². The van der Waals surface area contributed by atoms with Crippen LogP contribution in [0, 0.1) is 35.8 Å². The smallest absolute Gasteiger partial charge is 0.350 e. The highest BCUT2D eigenvalue weighted by Crippen LogP contribution is 2.55. The van der Waals surface area contributed by atoms with Crippen LogP contribution in [0.2, 0.25) is 0 Å². The van der Waals surface area contributed by atoms with Crippen LogP contribution in [0.1, 0.15) is 46.6 Å². The summed E-state index contributed by atoms with van der Waals surface area (Å²) in [5.41, 5.74) is 4.46. The zero-order valence-electron chi connectivity index (χ0n) is 16.0. The lowest BCUT2D eigenvalue weighted by molar-refractivity contribution is 0.740. The number of rotatable bonds is 2. The fraction of sp³-hybridized carbons (Fsp3) is 0.182. The van der Waals surface area contributed by atoms with Crippen LogP contribution in [0.25, 0.3) is 20.8 Å². The first-order valence-electron chi connectivity index (χ1n) is 8.86. The Balaban J connectivity index is 1.81. The summed E-state index contributed by atoms with van der Waals surface area (Å²) in [6, 6.07) is 7.53. The van der Waals surface area contributed by atoms with E-state index in [-0.39, 0.29) is 23.5 Å². The van der Waals surface area contributed by atoms with E-state index in [0.29, 0.717) is 10.0 Å². The number of hydrogen-bond acceptors (Lipinski definition) is 6. The molecule has 0 aromatic carbocycles. The van der Waals surface area contributed by atoms with E-state index >= 15 is 0 Å². The minimum absolute atomic E-state index is 0.135. The van der Waals surface area contributed by atoms with Crippen LogP contribution < -0.4 is 0 Å². The Bertz CT molecular complexity index is 1230. The van der Waals surface area contributed by atoms with E-state index in [1.807, 2.05) is 24.3 Å². The van der Waals surface area contributed by atoms with Gasteiger partial charge in [-0.05, 0) is 36.1 Å². The molecule has 6 nitrogen and oxygen atoms in total. The Morgan fingerprint density at radius 1 is 0.867 bits per heavy atom. The minimum atomic E-state index is -0.168. The first-order valence-corrected chi connectivity index (χ1v) is 10.5. The van der Waals surface area contributed by atoms with Crippen molar-refractivity contribution in [3.05, 3.63) is 68.0 Å².